The lowest BCUT2D eigenvalue weighted by atomic mass is 10.2. The van der Waals surface area contributed by atoms with Gasteiger partial charge in [0.05, 0.1) is 17.1 Å². The van der Waals surface area contributed by atoms with E-state index in [-0.39, 0.29) is 29.6 Å². The van der Waals surface area contributed by atoms with Crippen LogP contribution in [0, 0.1) is 0 Å². The van der Waals surface area contributed by atoms with Crippen molar-refractivity contribution in [2.24, 2.45) is 0 Å². The van der Waals surface area contributed by atoms with E-state index in [4.69, 9.17) is 4.74 Å². The van der Waals surface area contributed by atoms with Crippen molar-refractivity contribution in [1.29, 1.82) is 0 Å². The fraction of sp³-hybridized carbons (Fsp3) is 0.300. The molecule has 3 rings (SSSR count). The van der Waals surface area contributed by atoms with Gasteiger partial charge >= 0.3 is 0 Å². The highest BCUT2D eigenvalue weighted by Gasteiger charge is 2.23. The van der Waals surface area contributed by atoms with Crippen molar-refractivity contribution in [3.8, 4) is 5.75 Å². The zero-order valence-corrected chi connectivity index (χ0v) is 17.1. The number of carbonyl (C=O) groups excluding carboxylic acids is 2. The molecule has 1 heterocycles. The maximum Gasteiger partial charge on any atom is 0.242 e. The first-order valence-corrected chi connectivity index (χ1v) is 10.6. The van der Waals surface area contributed by atoms with Gasteiger partial charge in [-0.25, -0.2) is 12.7 Å². The van der Waals surface area contributed by atoms with Crippen LogP contribution in [0.25, 0.3) is 0 Å². The van der Waals surface area contributed by atoms with E-state index >= 15 is 0 Å². The first-order valence-electron chi connectivity index (χ1n) is 9.13. The summed E-state index contributed by atoms with van der Waals surface area (Å²) < 4.78 is 31.1. The van der Waals surface area contributed by atoms with Gasteiger partial charge in [0.1, 0.15) is 12.4 Å². The predicted molar refractivity (Wildman–Crippen MR) is 109 cm³/mol. The second-order valence-electron chi connectivity index (χ2n) is 6.72. The third-order valence-corrected chi connectivity index (χ3v) is 6.30. The monoisotopic (exact) mass is 417 g/mol. The van der Waals surface area contributed by atoms with Crippen LogP contribution < -0.4 is 15.0 Å². The molecule has 2 amide bonds. The Labute approximate surface area is 170 Å². The van der Waals surface area contributed by atoms with Gasteiger partial charge < -0.3 is 15.0 Å². The minimum absolute atomic E-state index is 0.0109. The molecule has 1 N–H and O–H groups in total. The van der Waals surface area contributed by atoms with Gasteiger partial charge in [-0.2, -0.15) is 0 Å². The SMILES string of the molecule is CN(C)S(=O)(=O)c1cccc(NC(=O)CCC(=O)N2CCOc3ccccc32)c1. The molecule has 0 spiro atoms. The molecule has 0 radical (unpaired) electrons. The molecule has 0 aliphatic carbocycles. The van der Waals surface area contributed by atoms with E-state index < -0.39 is 10.0 Å². The summed E-state index contributed by atoms with van der Waals surface area (Å²) in [6, 6.07) is 13.3. The van der Waals surface area contributed by atoms with E-state index in [1.54, 1.807) is 23.1 Å². The largest absolute Gasteiger partial charge is 0.490 e. The fourth-order valence-corrected chi connectivity index (χ4v) is 3.90. The van der Waals surface area contributed by atoms with E-state index in [2.05, 4.69) is 5.32 Å². The van der Waals surface area contributed by atoms with Crippen LogP contribution in [0.3, 0.4) is 0 Å². The minimum Gasteiger partial charge on any atom is -0.490 e. The van der Waals surface area contributed by atoms with Gasteiger partial charge in [0.25, 0.3) is 0 Å². The van der Waals surface area contributed by atoms with E-state index in [1.165, 1.54) is 26.2 Å². The number of sulfonamides is 1. The van der Waals surface area contributed by atoms with Crippen LogP contribution in [0.4, 0.5) is 11.4 Å². The maximum absolute atomic E-state index is 12.6. The molecule has 2 aromatic rings. The van der Waals surface area contributed by atoms with Crippen LogP contribution in [0.2, 0.25) is 0 Å². The smallest absolute Gasteiger partial charge is 0.242 e. The third kappa shape index (κ3) is 4.75. The molecule has 0 unspecified atom stereocenters. The number of amides is 2. The van der Waals surface area contributed by atoms with Gasteiger partial charge in [0.15, 0.2) is 0 Å². The van der Waals surface area contributed by atoms with Crippen LogP contribution >= 0.6 is 0 Å². The number of rotatable bonds is 6. The molecule has 1 aliphatic rings. The first kappa shape index (κ1) is 20.8. The number of fused-ring (bicyclic) bond motifs is 1. The van der Waals surface area contributed by atoms with E-state index in [9.17, 15) is 18.0 Å². The highest BCUT2D eigenvalue weighted by Crippen LogP contribution is 2.31. The quantitative estimate of drug-likeness (QED) is 0.776. The summed E-state index contributed by atoms with van der Waals surface area (Å²) in [4.78, 5) is 26.6. The first-order chi connectivity index (χ1) is 13.8. The maximum atomic E-state index is 12.6. The number of benzene rings is 2. The van der Waals surface area contributed by atoms with Gasteiger partial charge in [0, 0.05) is 32.6 Å². The Morgan fingerprint density at radius 1 is 1.10 bits per heavy atom. The zero-order valence-electron chi connectivity index (χ0n) is 16.3. The molecule has 9 heteroatoms. The molecule has 2 aromatic carbocycles. The number of carbonyl (C=O) groups is 2. The Bertz CT molecular complexity index is 1020. The van der Waals surface area contributed by atoms with Crippen molar-refractivity contribution in [2.75, 3.05) is 37.5 Å². The van der Waals surface area contributed by atoms with Gasteiger partial charge in [-0.3, -0.25) is 9.59 Å². The number of para-hydroxylation sites is 2. The standard InChI is InChI=1S/C20H23N3O5S/c1-22(2)29(26,27)16-7-5-6-15(14-16)21-19(24)10-11-20(25)23-12-13-28-18-9-4-3-8-17(18)23/h3-9,14H,10-13H2,1-2H3,(H,21,24). The van der Waals surface area contributed by atoms with Crippen molar-refractivity contribution in [1.82, 2.24) is 4.31 Å². The molecule has 0 aromatic heterocycles. The second-order valence-corrected chi connectivity index (χ2v) is 8.88. The van der Waals surface area contributed by atoms with E-state index in [0.717, 1.165) is 4.31 Å². The summed E-state index contributed by atoms with van der Waals surface area (Å²) in [6.45, 7) is 0.837. The van der Waals surface area contributed by atoms with Gasteiger partial charge in [0.2, 0.25) is 21.8 Å². The Balaban J connectivity index is 1.61. The molecular formula is C20H23N3O5S. The summed E-state index contributed by atoms with van der Waals surface area (Å²) in [5.41, 5.74) is 1.06. The molecule has 0 bridgehead atoms. The van der Waals surface area contributed by atoms with Crippen LogP contribution in [-0.4, -0.2) is 51.8 Å². The Kier molecular flexibility index (Phi) is 6.19. The minimum atomic E-state index is -3.59. The molecule has 8 nitrogen and oxygen atoms in total. The molecule has 0 atom stereocenters. The summed E-state index contributed by atoms with van der Waals surface area (Å²) in [5.74, 6) is 0.120. The topological polar surface area (TPSA) is 96.0 Å². The van der Waals surface area contributed by atoms with Crippen molar-refractivity contribution in [3.05, 3.63) is 48.5 Å². The molecule has 0 saturated heterocycles. The Hall–Kier alpha value is -2.91. The van der Waals surface area contributed by atoms with Crippen molar-refractivity contribution < 1.29 is 22.7 Å². The molecule has 0 saturated carbocycles. The second kappa shape index (κ2) is 8.62. The highest BCUT2D eigenvalue weighted by molar-refractivity contribution is 7.89. The van der Waals surface area contributed by atoms with Crippen molar-refractivity contribution in [3.63, 3.8) is 0 Å². The number of hydrogen-bond donors (Lipinski definition) is 1. The van der Waals surface area contributed by atoms with Crippen molar-refractivity contribution in [2.45, 2.75) is 17.7 Å². The predicted octanol–water partition coefficient (Wildman–Crippen LogP) is 2.08. The zero-order chi connectivity index (χ0) is 21.0. The summed E-state index contributed by atoms with van der Waals surface area (Å²) in [7, 11) is -0.714. The number of nitrogens with one attached hydrogen (secondary N) is 1. The van der Waals surface area contributed by atoms with Gasteiger partial charge in [-0.05, 0) is 30.3 Å². The Morgan fingerprint density at radius 3 is 2.62 bits per heavy atom. The molecule has 1 aliphatic heterocycles. The lowest BCUT2D eigenvalue weighted by molar-refractivity contribution is -0.122. The van der Waals surface area contributed by atoms with Crippen molar-refractivity contribution >= 4 is 33.2 Å². The normalized spacial score (nSPS) is 13.6. The lowest BCUT2D eigenvalue weighted by Crippen LogP contribution is -2.38. The van der Waals surface area contributed by atoms with Crippen LogP contribution in [-0.2, 0) is 19.6 Å². The third-order valence-electron chi connectivity index (χ3n) is 4.49. The van der Waals surface area contributed by atoms with Crippen LogP contribution in [0.5, 0.6) is 5.75 Å². The number of ether oxygens (including phenoxy) is 1. The van der Waals surface area contributed by atoms with Gasteiger partial charge in [-0.1, -0.05) is 18.2 Å². The molecular weight excluding hydrogens is 394 g/mol. The molecule has 154 valence electrons. The average Bonchev–Trinajstić information content (AvgIpc) is 2.71. The average molecular weight is 417 g/mol. The summed E-state index contributed by atoms with van der Waals surface area (Å²) in [5, 5.41) is 2.65. The Morgan fingerprint density at radius 2 is 1.86 bits per heavy atom. The number of nitrogens with zero attached hydrogens (tertiary/aromatic N) is 2. The lowest BCUT2D eigenvalue weighted by Gasteiger charge is -2.29. The fourth-order valence-electron chi connectivity index (χ4n) is 2.95. The highest BCUT2D eigenvalue weighted by atomic mass is 32.2. The summed E-state index contributed by atoms with van der Waals surface area (Å²) >= 11 is 0. The molecule has 0 fully saturated rings. The van der Waals surface area contributed by atoms with E-state index in [1.807, 2.05) is 18.2 Å². The van der Waals surface area contributed by atoms with Crippen LogP contribution in [0.1, 0.15) is 12.8 Å². The number of anilines is 2. The van der Waals surface area contributed by atoms with Crippen LogP contribution in [0.15, 0.2) is 53.4 Å². The van der Waals surface area contributed by atoms with Gasteiger partial charge in [-0.15, -0.1) is 0 Å². The number of hydrogen-bond acceptors (Lipinski definition) is 5. The molecule has 29 heavy (non-hydrogen) atoms. The summed E-state index contributed by atoms with van der Waals surface area (Å²) in [6.07, 6.45) is 0.0267. The van der Waals surface area contributed by atoms with E-state index in [0.29, 0.717) is 30.3 Å².